The topological polar surface area (TPSA) is 13.1 Å². The lowest BCUT2D eigenvalue weighted by Crippen LogP contribution is -2.33. The number of pyridine rings is 1. The number of halogens is 3. The summed E-state index contributed by atoms with van der Waals surface area (Å²) in [5.74, 6) is 1.35. The number of benzene rings is 3. The standard InChI is InChI=1S/C28H27F3NO/c1-15-9-19-10-17(14-27(3,4)5)11-22-25(19)24(16(15)2)26-23(33-22)13-18-12-20(28(29,30)31)7-8-21(18)32(26)6/h7-13H,14H2,1-6H3/q+1. The molecular formula is C28H27F3NO+. The number of nitrogens with zero attached hydrogens (tertiary/aromatic N) is 1. The molecule has 1 aromatic heterocycles. The van der Waals surface area contributed by atoms with Crippen molar-refractivity contribution < 1.29 is 22.5 Å². The van der Waals surface area contributed by atoms with Gasteiger partial charge in [0.15, 0.2) is 5.75 Å². The first-order valence-electron chi connectivity index (χ1n) is 11.1. The highest BCUT2D eigenvalue weighted by molar-refractivity contribution is 6.05. The Morgan fingerprint density at radius 3 is 2.27 bits per heavy atom. The first-order chi connectivity index (χ1) is 15.3. The van der Waals surface area contributed by atoms with E-state index in [4.69, 9.17) is 4.74 Å². The molecule has 0 atom stereocenters. The summed E-state index contributed by atoms with van der Waals surface area (Å²) >= 11 is 0. The minimum atomic E-state index is -4.39. The van der Waals surface area contributed by atoms with Gasteiger partial charge in [0.1, 0.15) is 12.8 Å². The molecule has 0 radical (unpaired) electrons. The number of hydrogen-bond donors (Lipinski definition) is 0. The minimum absolute atomic E-state index is 0.117. The van der Waals surface area contributed by atoms with Gasteiger partial charge < -0.3 is 4.74 Å². The Labute approximate surface area is 191 Å². The summed E-state index contributed by atoms with van der Waals surface area (Å²) in [7, 11) is 1.89. The van der Waals surface area contributed by atoms with Gasteiger partial charge in [0, 0.05) is 17.5 Å². The Hall–Kier alpha value is -3.08. The summed E-state index contributed by atoms with van der Waals surface area (Å²) in [6, 6.07) is 12.2. The number of aromatic nitrogens is 1. The number of aryl methyl sites for hydroxylation is 2. The van der Waals surface area contributed by atoms with Crippen LogP contribution in [0.5, 0.6) is 11.5 Å². The van der Waals surface area contributed by atoms with Crippen LogP contribution < -0.4 is 9.30 Å². The van der Waals surface area contributed by atoms with Crippen LogP contribution in [0.1, 0.15) is 43.0 Å². The first kappa shape index (κ1) is 21.7. The Morgan fingerprint density at radius 1 is 0.879 bits per heavy atom. The van der Waals surface area contributed by atoms with Crippen molar-refractivity contribution in [3.63, 3.8) is 0 Å². The average Bonchev–Trinajstić information content (AvgIpc) is 2.68. The van der Waals surface area contributed by atoms with E-state index in [1.54, 1.807) is 12.1 Å². The van der Waals surface area contributed by atoms with Gasteiger partial charge in [-0.25, -0.2) is 0 Å². The summed E-state index contributed by atoms with van der Waals surface area (Å²) < 4.78 is 48.4. The van der Waals surface area contributed by atoms with Gasteiger partial charge in [0.25, 0.3) is 5.69 Å². The molecule has 2 heterocycles. The van der Waals surface area contributed by atoms with Crippen LogP contribution in [0.25, 0.3) is 32.9 Å². The molecule has 0 saturated carbocycles. The predicted octanol–water partition coefficient (Wildman–Crippen LogP) is 7.81. The van der Waals surface area contributed by atoms with Crippen LogP contribution in [0.4, 0.5) is 13.2 Å². The van der Waals surface area contributed by atoms with Gasteiger partial charge in [0.2, 0.25) is 5.52 Å². The van der Waals surface area contributed by atoms with Crippen molar-refractivity contribution in [2.24, 2.45) is 12.5 Å². The quantitative estimate of drug-likeness (QED) is 0.237. The Balaban J connectivity index is 1.83. The summed E-state index contributed by atoms with van der Waals surface area (Å²) in [5, 5.41) is 2.69. The van der Waals surface area contributed by atoms with E-state index >= 15 is 0 Å². The Bertz CT molecular complexity index is 1460. The molecule has 1 aliphatic rings. The summed E-state index contributed by atoms with van der Waals surface area (Å²) in [5.41, 5.74) is 5.69. The SMILES string of the molecule is Cc1cc2cc(CC(C)(C)C)cc3c2c(c1C)-c1c(cc2cc(C(F)(F)F)ccc2[n+]1C)O3. The third-order valence-corrected chi connectivity index (χ3v) is 6.54. The van der Waals surface area contributed by atoms with Crippen molar-refractivity contribution in [3.8, 4) is 22.8 Å². The molecule has 0 spiro atoms. The molecule has 4 aromatic rings. The highest BCUT2D eigenvalue weighted by Gasteiger charge is 2.34. The second-order valence-electron chi connectivity index (χ2n) is 10.4. The zero-order chi connectivity index (χ0) is 23.9. The number of alkyl halides is 3. The van der Waals surface area contributed by atoms with E-state index < -0.39 is 11.7 Å². The molecule has 0 fully saturated rings. The third-order valence-electron chi connectivity index (χ3n) is 6.54. The molecule has 5 heteroatoms. The molecule has 0 unspecified atom stereocenters. The fraction of sp³-hybridized carbons (Fsp3) is 0.321. The Kier molecular flexibility index (Phi) is 4.59. The smallest absolute Gasteiger partial charge is 0.416 e. The van der Waals surface area contributed by atoms with Gasteiger partial charge in [-0.3, -0.25) is 0 Å². The summed E-state index contributed by atoms with van der Waals surface area (Å²) in [6.45, 7) is 10.8. The number of ether oxygens (including phenoxy) is 1. The second kappa shape index (κ2) is 6.96. The summed E-state index contributed by atoms with van der Waals surface area (Å²) in [6.07, 6.45) is -3.49. The average molecular weight is 451 g/mol. The van der Waals surface area contributed by atoms with E-state index in [9.17, 15) is 13.2 Å². The van der Waals surface area contributed by atoms with Crippen molar-refractivity contribution in [1.82, 2.24) is 0 Å². The number of hydrogen-bond acceptors (Lipinski definition) is 1. The first-order valence-corrected chi connectivity index (χ1v) is 11.1. The molecule has 0 aliphatic carbocycles. The van der Waals surface area contributed by atoms with E-state index in [1.807, 2.05) is 11.6 Å². The van der Waals surface area contributed by atoms with Crippen LogP contribution in [0, 0.1) is 19.3 Å². The maximum absolute atomic E-state index is 13.3. The molecule has 0 saturated heterocycles. The van der Waals surface area contributed by atoms with E-state index in [2.05, 4.69) is 52.8 Å². The lowest BCUT2D eigenvalue weighted by molar-refractivity contribution is -0.633. The lowest BCUT2D eigenvalue weighted by atomic mass is 9.85. The van der Waals surface area contributed by atoms with Crippen LogP contribution in [-0.4, -0.2) is 0 Å². The van der Waals surface area contributed by atoms with Gasteiger partial charge in [-0.1, -0.05) is 32.9 Å². The van der Waals surface area contributed by atoms with Crippen molar-refractivity contribution >= 4 is 21.7 Å². The molecule has 0 amide bonds. The molecule has 0 bridgehead atoms. The van der Waals surface area contributed by atoms with Crippen molar-refractivity contribution in [1.29, 1.82) is 0 Å². The van der Waals surface area contributed by atoms with E-state index in [-0.39, 0.29) is 5.41 Å². The molecule has 1 aliphatic heterocycles. The van der Waals surface area contributed by atoms with Crippen LogP contribution in [0.3, 0.4) is 0 Å². The fourth-order valence-electron chi connectivity index (χ4n) is 5.03. The number of fused-ring (bicyclic) bond motifs is 3. The van der Waals surface area contributed by atoms with E-state index in [0.717, 1.165) is 51.3 Å². The van der Waals surface area contributed by atoms with Gasteiger partial charge in [0.05, 0.1) is 16.5 Å². The van der Waals surface area contributed by atoms with Crippen molar-refractivity contribution in [3.05, 3.63) is 64.7 Å². The molecule has 2 nitrogen and oxygen atoms in total. The third kappa shape index (κ3) is 3.54. The van der Waals surface area contributed by atoms with Crippen LogP contribution in [0.15, 0.2) is 42.5 Å². The fourth-order valence-corrected chi connectivity index (χ4v) is 5.03. The monoisotopic (exact) mass is 450 g/mol. The minimum Gasteiger partial charge on any atom is -0.450 e. The van der Waals surface area contributed by atoms with Crippen LogP contribution in [0.2, 0.25) is 0 Å². The zero-order valence-corrected chi connectivity index (χ0v) is 19.7. The molecule has 0 N–H and O–H groups in total. The highest BCUT2D eigenvalue weighted by atomic mass is 19.4. The lowest BCUT2D eigenvalue weighted by Gasteiger charge is -2.25. The van der Waals surface area contributed by atoms with Crippen molar-refractivity contribution in [2.75, 3.05) is 0 Å². The molecule has 5 rings (SSSR count). The Morgan fingerprint density at radius 2 is 1.61 bits per heavy atom. The van der Waals surface area contributed by atoms with E-state index in [1.165, 1.54) is 17.2 Å². The van der Waals surface area contributed by atoms with Crippen LogP contribution in [-0.2, 0) is 19.6 Å². The van der Waals surface area contributed by atoms with Crippen LogP contribution >= 0.6 is 0 Å². The van der Waals surface area contributed by atoms with Gasteiger partial charge >= 0.3 is 6.18 Å². The van der Waals surface area contributed by atoms with Gasteiger partial charge in [-0.15, -0.1) is 0 Å². The normalized spacial score (nSPS) is 13.4. The van der Waals surface area contributed by atoms with Gasteiger partial charge in [-0.2, -0.15) is 17.7 Å². The molecule has 170 valence electrons. The zero-order valence-electron chi connectivity index (χ0n) is 19.7. The van der Waals surface area contributed by atoms with E-state index in [0.29, 0.717) is 11.1 Å². The molecule has 3 aromatic carbocycles. The summed E-state index contributed by atoms with van der Waals surface area (Å²) in [4.78, 5) is 0. The largest absolute Gasteiger partial charge is 0.450 e. The van der Waals surface area contributed by atoms with Gasteiger partial charge in [-0.05, 0) is 66.0 Å². The second-order valence-corrected chi connectivity index (χ2v) is 10.4. The maximum atomic E-state index is 13.3. The maximum Gasteiger partial charge on any atom is 0.416 e. The highest BCUT2D eigenvalue weighted by Crippen LogP contribution is 2.49. The number of rotatable bonds is 1. The molecular weight excluding hydrogens is 423 g/mol. The van der Waals surface area contributed by atoms with Crippen molar-refractivity contribution in [2.45, 2.75) is 47.2 Å². The predicted molar refractivity (Wildman–Crippen MR) is 126 cm³/mol. The molecule has 33 heavy (non-hydrogen) atoms.